The first-order valence-electron chi connectivity index (χ1n) is 9.48. The molecule has 0 atom stereocenters. The van der Waals surface area contributed by atoms with Gasteiger partial charge < -0.3 is 10.1 Å². The number of pyridine rings is 1. The molecule has 0 aliphatic heterocycles. The number of urea groups is 1. The van der Waals surface area contributed by atoms with Gasteiger partial charge in [0.05, 0.1) is 24.7 Å². The number of hydrogen-bond donors (Lipinski definition) is 2. The van der Waals surface area contributed by atoms with Gasteiger partial charge in [-0.3, -0.25) is 19.8 Å². The topological polar surface area (TPSA) is 124 Å². The molecule has 0 radical (unpaired) electrons. The Kier molecular flexibility index (Phi) is 5.32. The highest BCUT2D eigenvalue weighted by atomic mass is 16.5. The minimum Gasteiger partial charge on any atom is -0.465 e. The molecular weight excluding hydrogens is 374 g/mol. The van der Waals surface area contributed by atoms with Crippen LogP contribution in [0.3, 0.4) is 0 Å². The van der Waals surface area contributed by atoms with E-state index >= 15 is 0 Å². The van der Waals surface area contributed by atoms with E-state index in [0.29, 0.717) is 47.3 Å². The molecule has 29 heavy (non-hydrogen) atoms. The number of carbonyl (C=O) groups is 2. The van der Waals surface area contributed by atoms with Crippen molar-refractivity contribution in [3.8, 4) is 11.3 Å². The highest BCUT2D eigenvalue weighted by molar-refractivity contribution is 5.89. The van der Waals surface area contributed by atoms with Crippen molar-refractivity contribution in [1.29, 1.82) is 0 Å². The Hall–Kier alpha value is -3.56. The SMILES string of the molecule is CCOC(=O)Cn1cc(-c2cnc3ccc(NC(=O)NCC4CC4)nc3n2)cn1. The van der Waals surface area contributed by atoms with Crippen LogP contribution >= 0.6 is 0 Å². The maximum atomic E-state index is 12.0. The van der Waals surface area contributed by atoms with Crippen LogP contribution in [0.15, 0.2) is 30.7 Å². The third-order valence-electron chi connectivity index (χ3n) is 4.42. The van der Waals surface area contributed by atoms with Gasteiger partial charge in [-0.25, -0.2) is 14.8 Å². The molecule has 1 aliphatic rings. The fraction of sp³-hybridized carbons (Fsp3) is 0.368. The molecule has 0 aromatic carbocycles. The van der Waals surface area contributed by atoms with Crippen LogP contribution in [0.1, 0.15) is 19.8 Å². The average Bonchev–Trinajstić information content (AvgIpc) is 3.43. The molecule has 2 N–H and O–H groups in total. The molecule has 2 amide bonds. The third-order valence-corrected chi connectivity index (χ3v) is 4.42. The molecule has 1 fully saturated rings. The summed E-state index contributed by atoms with van der Waals surface area (Å²) >= 11 is 0. The van der Waals surface area contributed by atoms with E-state index in [0.717, 1.165) is 0 Å². The molecule has 0 spiro atoms. The minimum absolute atomic E-state index is 0.0249. The molecule has 0 unspecified atom stereocenters. The van der Waals surface area contributed by atoms with Gasteiger partial charge in [0.1, 0.15) is 17.9 Å². The fourth-order valence-electron chi connectivity index (χ4n) is 2.75. The molecule has 150 valence electrons. The zero-order chi connectivity index (χ0) is 20.2. The van der Waals surface area contributed by atoms with Gasteiger partial charge in [0.15, 0.2) is 5.65 Å². The Bertz CT molecular complexity index is 1050. The van der Waals surface area contributed by atoms with Crippen LogP contribution in [0.5, 0.6) is 0 Å². The second-order valence-corrected chi connectivity index (χ2v) is 6.80. The van der Waals surface area contributed by atoms with Gasteiger partial charge in [0.25, 0.3) is 0 Å². The number of esters is 1. The number of anilines is 1. The molecule has 3 aromatic rings. The van der Waals surface area contributed by atoms with E-state index in [1.54, 1.807) is 37.6 Å². The molecule has 1 saturated carbocycles. The zero-order valence-electron chi connectivity index (χ0n) is 16.0. The van der Waals surface area contributed by atoms with Crippen molar-refractivity contribution in [2.24, 2.45) is 5.92 Å². The molecular formula is C19H21N7O3. The van der Waals surface area contributed by atoms with Crippen LogP contribution in [-0.4, -0.2) is 49.9 Å². The zero-order valence-corrected chi connectivity index (χ0v) is 16.0. The lowest BCUT2D eigenvalue weighted by Gasteiger charge is -2.07. The Morgan fingerprint density at radius 2 is 2.10 bits per heavy atom. The van der Waals surface area contributed by atoms with Crippen molar-refractivity contribution in [1.82, 2.24) is 30.0 Å². The number of amides is 2. The van der Waals surface area contributed by atoms with E-state index in [1.807, 2.05) is 0 Å². The van der Waals surface area contributed by atoms with Crippen molar-refractivity contribution in [3.63, 3.8) is 0 Å². The van der Waals surface area contributed by atoms with E-state index in [4.69, 9.17) is 4.74 Å². The van der Waals surface area contributed by atoms with Crippen LogP contribution in [0.25, 0.3) is 22.4 Å². The van der Waals surface area contributed by atoms with Crippen LogP contribution in [0, 0.1) is 5.92 Å². The number of rotatable bonds is 7. The third kappa shape index (κ3) is 4.84. The van der Waals surface area contributed by atoms with Crippen LogP contribution in [-0.2, 0) is 16.1 Å². The van der Waals surface area contributed by atoms with Crippen molar-refractivity contribution >= 4 is 29.0 Å². The highest BCUT2D eigenvalue weighted by Gasteiger charge is 2.21. The van der Waals surface area contributed by atoms with E-state index in [2.05, 4.69) is 30.7 Å². The lowest BCUT2D eigenvalue weighted by atomic mass is 10.2. The second kappa shape index (κ2) is 8.21. The molecule has 0 bridgehead atoms. The van der Waals surface area contributed by atoms with Gasteiger partial charge in [0.2, 0.25) is 0 Å². The Balaban J connectivity index is 1.48. The van der Waals surface area contributed by atoms with Crippen molar-refractivity contribution in [3.05, 3.63) is 30.7 Å². The van der Waals surface area contributed by atoms with E-state index < -0.39 is 0 Å². The first-order valence-corrected chi connectivity index (χ1v) is 9.48. The lowest BCUT2D eigenvalue weighted by Crippen LogP contribution is -2.30. The summed E-state index contributed by atoms with van der Waals surface area (Å²) in [6.45, 7) is 2.78. The number of hydrogen-bond acceptors (Lipinski definition) is 7. The monoisotopic (exact) mass is 395 g/mol. The number of nitrogens with one attached hydrogen (secondary N) is 2. The standard InChI is InChI=1S/C19H21N7O3/c1-2-29-17(27)11-26-10-13(8-22-26)15-9-20-14-5-6-16(24-18(14)23-15)25-19(28)21-7-12-3-4-12/h5-6,8-10,12H,2-4,7,11H2,1H3,(H2,21,23,24,25,28). The average molecular weight is 395 g/mol. The minimum atomic E-state index is -0.357. The summed E-state index contributed by atoms with van der Waals surface area (Å²) in [5, 5.41) is 9.70. The highest BCUT2D eigenvalue weighted by Crippen LogP contribution is 2.27. The van der Waals surface area contributed by atoms with E-state index in [9.17, 15) is 9.59 Å². The number of fused-ring (bicyclic) bond motifs is 1. The Labute approximate surface area is 166 Å². The summed E-state index contributed by atoms with van der Waals surface area (Å²) in [4.78, 5) is 36.8. The quantitative estimate of drug-likeness (QED) is 0.586. The number of aromatic nitrogens is 5. The largest absolute Gasteiger partial charge is 0.465 e. The van der Waals surface area contributed by atoms with Gasteiger partial charge in [-0.05, 0) is 37.8 Å². The molecule has 10 heteroatoms. The summed E-state index contributed by atoms with van der Waals surface area (Å²) in [6.07, 6.45) is 7.25. The van der Waals surface area contributed by atoms with Crippen molar-refractivity contribution < 1.29 is 14.3 Å². The molecule has 4 rings (SSSR count). The van der Waals surface area contributed by atoms with Crippen molar-refractivity contribution in [2.45, 2.75) is 26.3 Å². The summed E-state index contributed by atoms with van der Waals surface area (Å²) in [7, 11) is 0. The van der Waals surface area contributed by atoms with Gasteiger partial charge in [0, 0.05) is 18.3 Å². The van der Waals surface area contributed by atoms with Crippen LogP contribution < -0.4 is 10.6 Å². The molecule has 0 saturated heterocycles. The Morgan fingerprint density at radius 3 is 2.90 bits per heavy atom. The van der Waals surface area contributed by atoms with Gasteiger partial charge in [-0.1, -0.05) is 0 Å². The lowest BCUT2D eigenvalue weighted by molar-refractivity contribution is -0.144. The van der Waals surface area contributed by atoms with E-state index in [-0.39, 0.29) is 18.5 Å². The Morgan fingerprint density at radius 1 is 1.24 bits per heavy atom. The van der Waals surface area contributed by atoms with Crippen molar-refractivity contribution in [2.75, 3.05) is 18.5 Å². The summed E-state index contributed by atoms with van der Waals surface area (Å²) in [5.74, 6) is 0.642. The number of ether oxygens (including phenoxy) is 1. The summed E-state index contributed by atoms with van der Waals surface area (Å²) in [5.41, 5.74) is 2.28. The summed E-state index contributed by atoms with van der Waals surface area (Å²) in [6, 6.07) is 3.15. The predicted molar refractivity (Wildman–Crippen MR) is 105 cm³/mol. The van der Waals surface area contributed by atoms with Gasteiger partial charge >= 0.3 is 12.0 Å². The maximum Gasteiger partial charge on any atom is 0.327 e. The molecule has 1 aliphatic carbocycles. The van der Waals surface area contributed by atoms with Gasteiger partial charge in [-0.2, -0.15) is 5.10 Å². The summed E-state index contributed by atoms with van der Waals surface area (Å²) < 4.78 is 6.40. The first kappa shape index (κ1) is 18.8. The number of nitrogens with zero attached hydrogens (tertiary/aromatic N) is 5. The predicted octanol–water partition coefficient (Wildman–Crippen LogP) is 1.98. The molecule has 3 heterocycles. The fourth-order valence-corrected chi connectivity index (χ4v) is 2.75. The molecule has 3 aromatic heterocycles. The maximum absolute atomic E-state index is 12.0. The first-order chi connectivity index (χ1) is 14.1. The molecule has 10 nitrogen and oxygen atoms in total. The number of carbonyl (C=O) groups excluding carboxylic acids is 2. The second-order valence-electron chi connectivity index (χ2n) is 6.80. The normalized spacial score (nSPS) is 13.3. The van der Waals surface area contributed by atoms with E-state index in [1.165, 1.54) is 17.5 Å². The van der Waals surface area contributed by atoms with Crippen LogP contribution in [0.4, 0.5) is 10.6 Å². The van der Waals surface area contributed by atoms with Crippen LogP contribution in [0.2, 0.25) is 0 Å². The smallest absolute Gasteiger partial charge is 0.327 e. The van der Waals surface area contributed by atoms with Gasteiger partial charge in [-0.15, -0.1) is 0 Å².